The van der Waals surface area contributed by atoms with E-state index < -0.39 is 28.2 Å². The molecule has 1 fully saturated rings. The first-order valence-electron chi connectivity index (χ1n) is 16.0. The van der Waals surface area contributed by atoms with Crippen molar-refractivity contribution in [2.45, 2.75) is 50.0 Å². The van der Waals surface area contributed by atoms with Crippen molar-refractivity contribution in [2.75, 3.05) is 25.5 Å². The summed E-state index contributed by atoms with van der Waals surface area (Å²) in [6, 6.07) is 20.2. The quantitative estimate of drug-likeness (QED) is 0.216. The van der Waals surface area contributed by atoms with E-state index in [-0.39, 0.29) is 45.9 Å². The monoisotopic (exact) mass is 699 g/mol. The van der Waals surface area contributed by atoms with Gasteiger partial charge < -0.3 is 19.7 Å². The van der Waals surface area contributed by atoms with E-state index >= 15 is 4.39 Å². The fraction of sp³-hybridized carbons (Fsp3) is 0.297. The molecule has 0 unspecified atom stereocenters. The Morgan fingerprint density at radius 2 is 1.68 bits per heavy atom. The number of carbonyl (C=O) groups excluding carboxylic acids is 1. The largest absolute Gasteiger partial charge is 0.497 e. The zero-order valence-electron chi connectivity index (χ0n) is 28.7. The molecule has 0 aliphatic carbocycles. The number of fused-ring (bicyclic) bond motifs is 1. The average molecular weight is 700 g/mol. The number of thioether (sulfide) groups is 1. The van der Waals surface area contributed by atoms with Crippen LogP contribution < -0.4 is 26.9 Å². The Hall–Kier alpha value is -5.30. The van der Waals surface area contributed by atoms with Crippen molar-refractivity contribution in [1.82, 2.24) is 18.6 Å². The Morgan fingerprint density at radius 3 is 2.34 bits per heavy atom. The van der Waals surface area contributed by atoms with Gasteiger partial charge in [-0.3, -0.25) is 18.7 Å². The molecule has 1 saturated heterocycles. The Balaban J connectivity index is 1.43. The first kappa shape index (κ1) is 34.6. The summed E-state index contributed by atoms with van der Waals surface area (Å²) in [5.74, 6) is -0.0856. The van der Waals surface area contributed by atoms with E-state index in [1.54, 1.807) is 61.0 Å². The van der Waals surface area contributed by atoms with Crippen LogP contribution in [0.15, 0.2) is 92.1 Å². The third-order valence-corrected chi connectivity index (χ3v) is 9.54. The molecule has 5 aromatic rings. The maximum Gasteiger partial charge on any atom is 0.410 e. The summed E-state index contributed by atoms with van der Waals surface area (Å²) in [6.45, 7) is 8.07. The lowest BCUT2D eigenvalue weighted by molar-refractivity contribution is 0.0144. The van der Waals surface area contributed by atoms with Gasteiger partial charge in [-0.1, -0.05) is 30.3 Å². The molecule has 0 spiro atoms. The molecule has 2 aromatic heterocycles. The first-order valence-corrected chi connectivity index (χ1v) is 16.9. The number of methoxy groups -OCH3 is 1. The van der Waals surface area contributed by atoms with Crippen LogP contribution in [-0.2, 0) is 18.3 Å². The number of likely N-dealkylation sites (tertiary alicyclic amines) is 1. The number of anilines is 2. The Labute approximate surface area is 291 Å². The van der Waals surface area contributed by atoms with Crippen molar-refractivity contribution in [1.29, 1.82) is 0 Å². The number of carbonyl (C=O) groups is 1. The number of amides is 1. The first-order chi connectivity index (χ1) is 23.8. The molecule has 0 atom stereocenters. The predicted octanol–water partition coefficient (Wildman–Crippen LogP) is 5.81. The lowest BCUT2D eigenvalue weighted by atomic mass is 10.1. The van der Waals surface area contributed by atoms with Crippen molar-refractivity contribution in [3.05, 3.63) is 121 Å². The summed E-state index contributed by atoms with van der Waals surface area (Å²) in [4.78, 5) is 57.3. The second kappa shape index (κ2) is 13.5. The molecule has 0 bridgehead atoms. The minimum atomic E-state index is -0.799. The molecule has 1 amide bonds. The Kier molecular flexibility index (Phi) is 9.36. The smallest absolute Gasteiger partial charge is 0.410 e. The van der Waals surface area contributed by atoms with Gasteiger partial charge in [0, 0.05) is 41.5 Å². The lowest BCUT2D eigenvalue weighted by Gasteiger charge is -2.39. The number of halogens is 1. The topological polar surface area (TPSA) is 117 Å². The van der Waals surface area contributed by atoms with E-state index in [0.29, 0.717) is 30.1 Å². The van der Waals surface area contributed by atoms with Gasteiger partial charge in [0.25, 0.3) is 11.1 Å². The molecule has 13 heteroatoms. The second-order valence-corrected chi connectivity index (χ2v) is 14.5. The van der Waals surface area contributed by atoms with Gasteiger partial charge in [-0.15, -0.1) is 11.8 Å². The highest BCUT2D eigenvalue weighted by Gasteiger charge is 2.34. The number of pyridine rings is 1. The molecule has 3 aromatic carbocycles. The highest BCUT2D eigenvalue weighted by atomic mass is 32.2. The van der Waals surface area contributed by atoms with Crippen LogP contribution in [0.2, 0.25) is 0 Å². The van der Waals surface area contributed by atoms with Gasteiger partial charge in [0.1, 0.15) is 28.2 Å². The summed E-state index contributed by atoms with van der Waals surface area (Å²) in [5.41, 5.74) is -0.916. The highest BCUT2D eigenvalue weighted by Crippen LogP contribution is 2.34. The van der Waals surface area contributed by atoms with Crippen LogP contribution in [0.1, 0.15) is 31.9 Å². The fourth-order valence-electron chi connectivity index (χ4n) is 5.85. The maximum absolute atomic E-state index is 15.4. The normalized spacial score (nSPS) is 13.3. The van der Waals surface area contributed by atoms with E-state index in [1.165, 1.54) is 29.8 Å². The van der Waals surface area contributed by atoms with Crippen LogP contribution in [0, 0.1) is 12.7 Å². The summed E-state index contributed by atoms with van der Waals surface area (Å²) in [5, 5.41) is 3.50. The summed E-state index contributed by atoms with van der Waals surface area (Å²) in [7, 11) is 3.00. The van der Waals surface area contributed by atoms with Gasteiger partial charge in [0.05, 0.1) is 25.0 Å². The minimum absolute atomic E-state index is 0.0450. The van der Waals surface area contributed by atoms with Crippen molar-refractivity contribution >= 4 is 40.3 Å². The molecule has 260 valence electrons. The van der Waals surface area contributed by atoms with Crippen LogP contribution in [0.25, 0.3) is 16.7 Å². The lowest BCUT2D eigenvalue weighted by Crippen LogP contribution is -2.53. The van der Waals surface area contributed by atoms with Crippen LogP contribution in [0.3, 0.4) is 0 Å². The number of hydrogen-bond acceptors (Lipinski definition) is 8. The second-order valence-electron chi connectivity index (χ2n) is 13.1. The number of rotatable bonds is 8. The van der Waals surface area contributed by atoms with Crippen LogP contribution in [-0.4, -0.2) is 55.7 Å². The number of nitrogens with one attached hydrogen (secondary N) is 1. The molecule has 0 saturated carbocycles. The zero-order chi connectivity index (χ0) is 35.9. The molecule has 1 aliphatic heterocycles. The van der Waals surface area contributed by atoms with E-state index in [9.17, 15) is 19.2 Å². The number of benzene rings is 3. The fourth-order valence-corrected chi connectivity index (χ4v) is 7.10. The molecule has 11 nitrogen and oxygen atoms in total. The molecule has 50 heavy (non-hydrogen) atoms. The van der Waals surface area contributed by atoms with E-state index in [1.807, 2.05) is 45.0 Å². The molecular formula is C37H38FN5O6S. The summed E-state index contributed by atoms with van der Waals surface area (Å²) < 4.78 is 29.5. The number of nitrogens with zero attached hydrogens (tertiary/aromatic N) is 4. The number of aryl methyl sites for hydroxylation is 1. The van der Waals surface area contributed by atoms with Gasteiger partial charge in [-0.25, -0.2) is 18.5 Å². The predicted molar refractivity (Wildman–Crippen MR) is 193 cm³/mol. The van der Waals surface area contributed by atoms with E-state index in [0.717, 1.165) is 14.0 Å². The number of hydrogen-bond donors (Lipinski definition) is 1. The number of ether oxygens (including phenoxy) is 2. The molecule has 6 rings (SSSR count). The van der Waals surface area contributed by atoms with Gasteiger partial charge >= 0.3 is 11.8 Å². The average Bonchev–Trinajstić information content (AvgIpc) is 3.05. The Bertz CT molecular complexity index is 2280. The third-order valence-electron chi connectivity index (χ3n) is 8.38. The molecule has 0 radical (unpaired) electrons. The van der Waals surface area contributed by atoms with Gasteiger partial charge in [0.15, 0.2) is 0 Å². The number of aromatic nitrogens is 3. The van der Waals surface area contributed by atoms with E-state index in [2.05, 4.69) is 5.32 Å². The third kappa shape index (κ3) is 6.77. The summed E-state index contributed by atoms with van der Waals surface area (Å²) in [6.07, 6.45) is -0.343. The van der Waals surface area contributed by atoms with Crippen LogP contribution in [0.5, 0.6) is 5.75 Å². The van der Waals surface area contributed by atoms with Crippen molar-refractivity contribution in [2.24, 2.45) is 7.05 Å². The number of para-hydroxylation sites is 1. The van der Waals surface area contributed by atoms with Gasteiger partial charge in [-0.2, -0.15) is 0 Å². The van der Waals surface area contributed by atoms with Gasteiger partial charge in [-0.05, 0) is 75.7 Å². The summed E-state index contributed by atoms with van der Waals surface area (Å²) >= 11 is 1.60. The van der Waals surface area contributed by atoms with Crippen molar-refractivity contribution in [3.63, 3.8) is 0 Å². The van der Waals surface area contributed by atoms with Crippen LogP contribution in [0.4, 0.5) is 20.6 Å². The van der Waals surface area contributed by atoms with Gasteiger partial charge in [0.2, 0.25) is 0 Å². The van der Waals surface area contributed by atoms with E-state index in [4.69, 9.17) is 9.47 Å². The molecule has 1 aliphatic rings. The highest BCUT2D eigenvalue weighted by molar-refractivity contribution is 8.00. The van der Waals surface area contributed by atoms with Crippen molar-refractivity contribution in [3.8, 4) is 11.4 Å². The maximum atomic E-state index is 15.4. The molecular weight excluding hydrogens is 662 g/mol. The zero-order valence-corrected chi connectivity index (χ0v) is 29.5. The molecule has 1 N–H and O–H groups in total. The Morgan fingerprint density at radius 1 is 0.980 bits per heavy atom. The standard InChI is InChI=1S/C37H38FN5O6S/c1-22-31(39-24-10-9-11-26(18-24)50-27-20-41(21-27)36(47)49-37(2,3)4)30-32(40(5)33(22)44)43(29-13-8-7-12-28(29)38)35(46)42(34(30)45)19-23-14-16-25(48-6)17-15-23/h7-18,27,39H,19-21H2,1-6H3. The minimum Gasteiger partial charge on any atom is -0.497 e. The van der Waals surface area contributed by atoms with Crippen LogP contribution >= 0.6 is 11.8 Å². The van der Waals surface area contributed by atoms with Crippen molar-refractivity contribution < 1.29 is 18.7 Å². The SMILES string of the molecule is COc1ccc(Cn2c(=O)c3c(Nc4cccc(SC5CN(C(=O)OC(C)(C)C)C5)c4)c(C)c(=O)n(C)c3n(-c3ccccc3F)c2=O)cc1. The molecule has 3 heterocycles.